The first kappa shape index (κ1) is 28.1. The van der Waals surface area contributed by atoms with Crippen molar-refractivity contribution in [2.75, 3.05) is 5.32 Å². The number of amides is 2. The summed E-state index contributed by atoms with van der Waals surface area (Å²) >= 11 is 0. The van der Waals surface area contributed by atoms with Crippen molar-refractivity contribution in [2.45, 2.75) is 52.0 Å². The van der Waals surface area contributed by atoms with Crippen LogP contribution in [-0.4, -0.2) is 39.1 Å². The molecule has 4 N–H and O–H groups in total. The summed E-state index contributed by atoms with van der Waals surface area (Å²) in [6.45, 7) is 7.26. The molecule has 1 fully saturated rings. The van der Waals surface area contributed by atoms with Crippen LogP contribution in [0.25, 0.3) is 16.8 Å². The van der Waals surface area contributed by atoms with Gasteiger partial charge in [0.1, 0.15) is 0 Å². The molecule has 2 amide bonds. The van der Waals surface area contributed by atoms with Crippen LogP contribution in [0.2, 0.25) is 0 Å². The standard InChI is InChI=1S/C30H32N8O2/c1-18(37-28(39)20-5-6-20)9-26(36-17-32)23-10-22(13-33-14-23)25-12-24(15-35-19(25)2)38-29(40)21-7-8-34-27(11-21)30(3,4)16-31/h7-15,17-18,20H,5-6H2,1-4H3,(H2,32,36)(H,37,39)(H,38,40)/b26-9-. The highest BCUT2D eigenvalue weighted by atomic mass is 16.2. The molecule has 0 aromatic carbocycles. The Hall–Kier alpha value is -4.91. The topological polar surface area (TPSA) is 159 Å². The molecule has 40 heavy (non-hydrogen) atoms. The highest BCUT2D eigenvalue weighted by molar-refractivity contribution is 6.04. The van der Waals surface area contributed by atoms with Gasteiger partial charge in [0, 0.05) is 58.5 Å². The van der Waals surface area contributed by atoms with Gasteiger partial charge in [-0.15, -0.1) is 0 Å². The monoisotopic (exact) mass is 536 g/mol. The van der Waals surface area contributed by atoms with E-state index in [1.165, 1.54) is 12.5 Å². The SMILES string of the molecule is Cc1ncc(NC(=O)c2ccnc(C(C)(C)C#N)c2)cc1-c1cncc(/C(=C/C(C)NC(=O)C2CC2)N=CN)c1. The van der Waals surface area contributed by atoms with Gasteiger partial charge in [-0.05, 0) is 70.9 Å². The van der Waals surface area contributed by atoms with Crippen LogP contribution in [0.5, 0.6) is 0 Å². The number of nitrogens with two attached hydrogens (primary N) is 1. The summed E-state index contributed by atoms with van der Waals surface area (Å²) in [5, 5.41) is 15.3. The number of anilines is 1. The maximum absolute atomic E-state index is 13.0. The molecular weight excluding hydrogens is 504 g/mol. The molecule has 0 saturated heterocycles. The second-order valence-electron chi connectivity index (χ2n) is 10.3. The summed E-state index contributed by atoms with van der Waals surface area (Å²) in [5.74, 6) is -0.190. The van der Waals surface area contributed by atoms with Crippen molar-refractivity contribution in [3.63, 3.8) is 0 Å². The number of aryl methyl sites for hydroxylation is 1. The number of rotatable bonds is 9. The fourth-order valence-corrected chi connectivity index (χ4v) is 4.06. The van der Waals surface area contributed by atoms with Gasteiger partial charge < -0.3 is 16.4 Å². The number of carbonyl (C=O) groups is 2. The lowest BCUT2D eigenvalue weighted by Gasteiger charge is -2.15. The van der Waals surface area contributed by atoms with Crippen LogP contribution >= 0.6 is 0 Å². The van der Waals surface area contributed by atoms with Crippen molar-refractivity contribution in [1.29, 1.82) is 5.26 Å². The van der Waals surface area contributed by atoms with Gasteiger partial charge in [0.15, 0.2) is 0 Å². The molecule has 0 spiro atoms. The predicted octanol–water partition coefficient (Wildman–Crippen LogP) is 4.14. The minimum Gasteiger partial charge on any atom is -0.390 e. The quantitative estimate of drug-likeness (QED) is 0.274. The van der Waals surface area contributed by atoms with E-state index in [2.05, 4.69) is 36.6 Å². The molecule has 4 rings (SSSR count). The largest absolute Gasteiger partial charge is 0.390 e. The first-order valence-electron chi connectivity index (χ1n) is 13.0. The lowest BCUT2D eigenvalue weighted by molar-refractivity contribution is -0.122. The Morgan fingerprint density at radius 3 is 2.65 bits per heavy atom. The Morgan fingerprint density at radius 2 is 1.95 bits per heavy atom. The summed E-state index contributed by atoms with van der Waals surface area (Å²) in [6.07, 6.45) is 11.4. The van der Waals surface area contributed by atoms with Gasteiger partial charge in [-0.3, -0.25) is 24.5 Å². The zero-order valence-corrected chi connectivity index (χ0v) is 23.0. The van der Waals surface area contributed by atoms with Gasteiger partial charge in [0.2, 0.25) is 5.91 Å². The van der Waals surface area contributed by atoms with E-state index in [1.807, 2.05) is 32.1 Å². The smallest absolute Gasteiger partial charge is 0.255 e. The molecule has 1 saturated carbocycles. The lowest BCUT2D eigenvalue weighted by Crippen LogP contribution is -2.32. The van der Waals surface area contributed by atoms with E-state index in [9.17, 15) is 14.9 Å². The molecule has 0 radical (unpaired) electrons. The molecular formula is C30H32N8O2. The number of carbonyl (C=O) groups excluding carboxylic acids is 2. The minimum atomic E-state index is -0.825. The molecule has 1 unspecified atom stereocenters. The van der Waals surface area contributed by atoms with Gasteiger partial charge in [-0.2, -0.15) is 5.26 Å². The van der Waals surface area contributed by atoms with Crippen LogP contribution in [0.4, 0.5) is 5.69 Å². The molecule has 3 aromatic rings. The molecule has 1 aliphatic rings. The van der Waals surface area contributed by atoms with Crippen molar-refractivity contribution in [3.8, 4) is 17.2 Å². The first-order chi connectivity index (χ1) is 19.1. The van der Waals surface area contributed by atoms with E-state index in [1.54, 1.807) is 44.6 Å². The number of pyridine rings is 3. The van der Waals surface area contributed by atoms with Crippen LogP contribution in [0.1, 0.15) is 60.9 Å². The summed E-state index contributed by atoms with van der Waals surface area (Å²) in [7, 11) is 0. The van der Waals surface area contributed by atoms with Gasteiger partial charge >= 0.3 is 0 Å². The summed E-state index contributed by atoms with van der Waals surface area (Å²) < 4.78 is 0. The number of nitriles is 1. The normalized spacial score (nSPS) is 14.4. The summed E-state index contributed by atoms with van der Waals surface area (Å²) in [4.78, 5) is 42.6. The van der Waals surface area contributed by atoms with E-state index in [0.29, 0.717) is 28.2 Å². The van der Waals surface area contributed by atoms with Gasteiger partial charge in [0.05, 0.1) is 41.1 Å². The zero-order chi connectivity index (χ0) is 28.9. The van der Waals surface area contributed by atoms with Crippen LogP contribution < -0.4 is 16.4 Å². The number of hydrogen-bond donors (Lipinski definition) is 3. The van der Waals surface area contributed by atoms with Gasteiger partial charge in [-0.1, -0.05) is 0 Å². The Labute approximate surface area is 233 Å². The van der Waals surface area contributed by atoms with Crippen molar-refractivity contribution in [1.82, 2.24) is 20.3 Å². The van der Waals surface area contributed by atoms with Crippen molar-refractivity contribution < 1.29 is 9.59 Å². The van der Waals surface area contributed by atoms with Crippen molar-refractivity contribution >= 4 is 29.5 Å². The highest BCUT2D eigenvalue weighted by Crippen LogP contribution is 2.30. The first-order valence-corrected chi connectivity index (χ1v) is 13.0. The number of hydrogen-bond acceptors (Lipinski definition) is 7. The zero-order valence-electron chi connectivity index (χ0n) is 23.0. The molecule has 3 heterocycles. The third-order valence-electron chi connectivity index (χ3n) is 6.57. The second kappa shape index (κ2) is 11.9. The fourth-order valence-electron chi connectivity index (χ4n) is 4.06. The van der Waals surface area contributed by atoms with E-state index in [0.717, 1.165) is 29.7 Å². The van der Waals surface area contributed by atoms with E-state index in [-0.39, 0.29) is 23.8 Å². The Kier molecular flexibility index (Phi) is 8.34. The molecule has 0 bridgehead atoms. The minimum absolute atomic E-state index is 0.0454. The van der Waals surface area contributed by atoms with Crippen LogP contribution in [0.3, 0.4) is 0 Å². The van der Waals surface area contributed by atoms with E-state index < -0.39 is 5.41 Å². The Morgan fingerprint density at radius 1 is 1.18 bits per heavy atom. The van der Waals surface area contributed by atoms with Crippen LogP contribution in [0.15, 0.2) is 60.1 Å². The molecule has 1 atom stereocenters. The van der Waals surface area contributed by atoms with Gasteiger partial charge in [0.25, 0.3) is 5.91 Å². The molecule has 1 aliphatic carbocycles. The van der Waals surface area contributed by atoms with E-state index >= 15 is 0 Å². The fraction of sp³-hybridized carbons (Fsp3) is 0.300. The average molecular weight is 537 g/mol. The molecule has 204 valence electrons. The number of aromatic nitrogens is 3. The number of nitrogens with one attached hydrogen (secondary N) is 2. The molecule has 3 aromatic heterocycles. The third-order valence-corrected chi connectivity index (χ3v) is 6.57. The molecule has 10 nitrogen and oxygen atoms in total. The highest BCUT2D eigenvalue weighted by Gasteiger charge is 2.30. The second-order valence-corrected chi connectivity index (χ2v) is 10.3. The molecule has 0 aliphatic heterocycles. The summed E-state index contributed by atoms with van der Waals surface area (Å²) in [6, 6.07) is 8.92. The van der Waals surface area contributed by atoms with Crippen LogP contribution in [0, 0.1) is 24.2 Å². The van der Waals surface area contributed by atoms with Crippen LogP contribution in [-0.2, 0) is 10.2 Å². The van der Waals surface area contributed by atoms with Crippen molar-refractivity contribution in [2.24, 2.45) is 16.6 Å². The maximum Gasteiger partial charge on any atom is 0.255 e. The summed E-state index contributed by atoms with van der Waals surface area (Å²) in [5.41, 5.74) is 9.78. The Balaban J connectivity index is 1.58. The Bertz CT molecular complexity index is 1530. The van der Waals surface area contributed by atoms with Crippen molar-refractivity contribution in [3.05, 3.63) is 77.6 Å². The van der Waals surface area contributed by atoms with E-state index in [4.69, 9.17) is 5.73 Å². The lowest BCUT2D eigenvalue weighted by atomic mass is 9.90. The molecule has 10 heteroatoms. The predicted molar refractivity (Wildman–Crippen MR) is 154 cm³/mol. The van der Waals surface area contributed by atoms with Gasteiger partial charge in [-0.25, -0.2) is 4.99 Å². The number of nitrogens with zero attached hydrogens (tertiary/aromatic N) is 5. The average Bonchev–Trinajstić information content (AvgIpc) is 3.80. The number of aliphatic imine (C=N–C) groups is 1. The maximum atomic E-state index is 13.0. The third kappa shape index (κ3) is 6.74.